The number of benzene rings is 2. The number of phenolic OH excluding ortho intramolecular Hbond substituents is 1. The van der Waals surface area contributed by atoms with E-state index in [9.17, 15) is 23.5 Å². The summed E-state index contributed by atoms with van der Waals surface area (Å²) in [6.07, 6.45) is 2.38. The largest absolute Gasteiger partial charge is 0.503 e. The van der Waals surface area contributed by atoms with Gasteiger partial charge in [0.2, 0.25) is 5.91 Å². The van der Waals surface area contributed by atoms with Crippen LogP contribution >= 0.6 is 11.3 Å². The second kappa shape index (κ2) is 11.6. The molecule has 3 aromatic heterocycles. The number of aromatic nitrogens is 4. The van der Waals surface area contributed by atoms with Crippen LogP contribution in [-0.2, 0) is 17.9 Å². The highest BCUT2D eigenvalue weighted by Crippen LogP contribution is 2.25. The molecule has 3 N–H and O–H groups in total. The first kappa shape index (κ1) is 26.9. The zero-order valence-electron chi connectivity index (χ0n) is 21.3. The number of nitrogens with one attached hydrogen (secondary N) is 2. The van der Waals surface area contributed by atoms with Gasteiger partial charge in [0.05, 0.1) is 16.7 Å². The van der Waals surface area contributed by atoms with Gasteiger partial charge in [-0.15, -0.1) is 11.3 Å². The highest BCUT2D eigenvalue weighted by molar-refractivity contribution is 7.14. The fraction of sp³-hybridized carbons (Fsp3) is 0.179. The molecule has 12 heteroatoms. The molecule has 5 rings (SSSR count). The quantitative estimate of drug-likeness (QED) is 0.227. The first-order valence-electron chi connectivity index (χ1n) is 12.4. The Morgan fingerprint density at radius 3 is 2.60 bits per heavy atom. The number of aryl methyl sites for hydroxylation is 2. The minimum atomic E-state index is -1.08. The van der Waals surface area contributed by atoms with Gasteiger partial charge < -0.3 is 15.0 Å². The number of thiazole rings is 1. The van der Waals surface area contributed by atoms with Crippen molar-refractivity contribution in [1.29, 1.82) is 0 Å². The zero-order chi connectivity index (χ0) is 28.2. The van der Waals surface area contributed by atoms with Crippen LogP contribution in [0.3, 0.4) is 0 Å². The number of imidazole rings is 1. The van der Waals surface area contributed by atoms with Crippen molar-refractivity contribution in [2.24, 2.45) is 0 Å². The number of rotatable bonds is 9. The van der Waals surface area contributed by atoms with Crippen LogP contribution in [0.2, 0.25) is 0 Å². The number of hydrogen-bond donors (Lipinski definition) is 3. The minimum absolute atomic E-state index is 0.0592. The van der Waals surface area contributed by atoms with Crippen molar-refractivity contribution in [3.8, 4) is 17.1 Å². The Labute approximate surface area is 231 Å². The predicted octanol–water partition coefficient (Wildman–Crippen LogP) is 5.20. The minimum Gasteiger partial charge on any atom is -0.503 e. The Balaban J connectivity index is 1.17. The fourth-order valence-electron chi connectivity index (χ4n) is 4.21. The summed E-state index contributed by atoms with van der Waals surface area (Å²) in [7, 11) is 0. The molecule has 0 aliphatic rings. The van der Waals surface area contributed by atoms with Crippen molar-refractivity contribution in [2.75, 3.05) is 5.32 Å². The molecule has 0 atom stereocenters. The summed E-state index contributed by atoms with van der Waals surface area (Å²) in [6, 6.07) is 12.7. The number of nitrogens with zero attached hydrogens (tertiary/aromatic N) is 4. The van der Waals surface area contributed by atoms with E-state index in [0.717, 1.165) is 29.2 Å². The lowest BCUT2D eigenvalue weighted by Gasteiger charge is -2.09. The molecule has 0 fully saturated rings. The van der Waals surface area contributed by atoms with Crippen molar-refractivity contribution in [1.82, 2.24) is 24.8 Å². The molecule has 2 amide bonds. The van der Waals surface area contributed by atoms with Crippen molar-refractivity contribution in [3.63, 3.8) is 0 Å². The summed E-state index contributed by atoms with van der Waals surface area (Å²) in [6.45, 7) is 2.30. The van der Waals surface area contributed by atoms with Crippen LogP contribution in [-0.4, -0.2) is 36.4 Å². The third kappa shape index (κ3) is 5.96. The van der Waals surface area contributed by atoms with Gasteiger partial charge >= 0.3 is 0 Å². The number of phenols is 1. The average Bonchev–Trinajstić information content (AvgIpc) is 3.54. The van der Waals surface area contributed by atoms with Gasteiger partial charge in [0, 0.05) is 36.7 Å². The number of anilines is 1. The maximum absolute atomic E-state index is 13.5. The molecule has 0 aliphatic carbocycles. The van der Waals surface area contributed by atoms with E-state index in [-0.39, 0.29) is 30.3 Å². The van der Waals surface area contributed by atoms with E-state index < -0.39 is 17.4 Å². The molecular formula is C28H24F2N6O3S. The number of hydrogen-bond acceptors (Lipinski definition) is 7. The standard InChI is InChI=1S/C28H24F2N6O3S/c1-16-33-22-13-18(27(39)35-28-34-23(15-40-28)21-5-2-3-9-31-21)7-8-24(22)36(16)10-4-6-25(37)32-14-17-11-19(29)26(38)20(30)12-17/h2-3,5,7-9,11-13,15,38H,4,6,10,14H2,1H3,(H,32,37)(H,34,35,39). The van der Waals surface area contributed by atoms with Gasteiger partial charge in [-0.3, -0.25) is 19.9 Å². The molecule has 0 saturated carbocycles. The normalized spacial score (nSPS) is 11.1. The molecule has 0 unspecified atom stereocenters. The van der Waals surface area contributed by atoms with Gasteiger partial charge in [-0.25, -0.2) is 18.7 Å². The van der Waals surface area contributed by atoms with E-state index >= 15 is 0 Å². The Kier molecular flexibility index (Phi) is 7.78. The van der Waals surface area contributed by atoms with Crippen molar-refractivity contribution < 1.29 is 23.5 Å². The van der Waals surface area contributed by atoms with Crippen LogP contribution in [0.5, 0.6) is 5.75 Å². The number of carbonyl (C=O) groups excluding carboxylic acids is 2. The number of amides is 2. The lowest BCUT2D eigenvalue weighted by atomic mass is 10.2. The highest BCUT2D eigenvalue weighted by atomic mass is 32.1. The van der Waals surface area contributed by atoms with Crippen LogP contribution in [0, 0.1) is 18.6 Å². The van der Waals surface area contributed by atoms with Gasteiger partial charge in [0.15, 0.2) is 22.5 Å². The zero-order valence-corrected chi connectivity index (χ0v) is 22.1. The maximum atomic E-state index is 13.5. The predicted molar refractivity (Wildman–Crippen MR) is 147 cm³/mol. The van der Waals surface area contributed by atoms with Crippen LogP contribution < -0.4 is 10.6 Å². The topological polar surface area (TPSA) is 122 Å². The molecule has 0 radical (unpaired) electrons. The van der Waals surface area contributed by atoms with E-state index in [2.05, 4.69) is 25.6 Å². The van der Waals surface area contributed by atoms with Crippen LogP contribution in [0.25, 0.3) is 22.4 Å². The van der Waals surface area contributed by atoms with Gasteiger partial charge in [-0.05, 0) is 61.4 Å². The highest BCUT2D eigenvalue weighted by Gasteiger charge is 2.15. The molecule has 3 heterocycles. The second-order valence-electron chi connectivity index (χ2n) is 9.01. The molecule has 0 bridgehead atoms. The summed E-state index contributed by atoms with van der Waals surface area (Å²) < 4.78 is 28.9. The number of fused-ring (bicyclic) bond motifs is 1. The molecular weight excluding hydrogens is 538 g/mol. The molecule has 9 nitrogen and oxygen atoms in total. The molecule has 0 aliphatic heterocycles. The fourth-order valence-corrected chi connectivity index (χ4v) is 4.91. The van der Waals surface area contributed by atoms with Crippen molar-refractivity contribution in [3.05, 3.63) is 88.7 Å². The lowest BCUT2D eigenvalue weighted by Crippen LogP contribution is -2.23. The molecule has 2 aromatic carbocycles. The Morgan fingerprint density at radius 1 is 1.05 bits per heavy atom. The van der Waals surface area contributed by atoms with Gasteiger partial charge in [0.25, 0.3) is 5.91 Å². The van der Waals surface area contributed by atoms with Gasteiger partial charge in [0.1, 0.15) is 11.5 Å². The van der Waals surface area contributed by atoms with Crippen molar-refractivity contribution in [2.45, 2.75) is 32.9 Å². The van der Waals surface area contributed by atoms with E-state index in [1.165, 1.54) is 11.3 Å². The maximum Gasteiger partial charge on any atom is 0.257 e. The molecule has 0 spiro atoms. The smallest absolute Gasteiger partial charge is 0.257 e. The first-order valence-corrected chi connectivity index (χ1v) is 13.2. The SMILES string of the molecule is Cc1nc2cc(C(=O)Nc3nc(-c4ccccn4)cs3)ccc2n1CCCC(=O)NCc1cc(F)c(O)c(F)c1. The average molecular weight is 563 g/mol. The summed E-state index contributed by atoms with van der Waals surface area (Å²) in [5.41, 5.74) is 3.54. The van der Waals surface area contributed by atoms with Gasteiger partial charge in [-0.1, -0.05) is 6.07 Å². The van der Waals surface area contributed by atoms with E-state index in [1.54, 1.807) is 18.3 Å². The molecule has 40 heavy (non-hydrogen) atoms. The Morgan fingerprint density at radius 2 is 1.85 bits per heavy atom. The monoisotopic (exact) mass is 562 g/mol. The van der Waals surface area contributed by atoms with Crippen LogP contribution in [0.4, 0.5) is 13.9 Å². The Hall–Kier alpha value is -4.71. The number of aromatic hydroxyl groups is 1. The lowest BCUT2D eigenvalue weighted by molar-refractivity contribution is -0.121. The molecule has 204 valence electrons. The van der Waals surface area contributed by atoms with Crippen LogP contribution in [0.15, 0.2) is 60.1 Å². The van der Waals surface area contributed by atoms with E-state index in [1.807, 2.05) is 41.1 Å². The number of pyridine rings is 1. The summed E-state index contributed by atoms with van der Waals surface area (Å²) >= 11 is 1.31. The first-order chi connectivity index (χ1) is 19.3. The number of halogens is 2. The van der Waals surface area contributed by atoms with Crippen molar-refractivity contribution >= 4 is 39.3 Å². The van der Waals surface area contributed by atoms with Gasteiger partial charge in [-0.2, -0.15) is 0 Å². The molecule has 0 saturated heterocycles. The Bertz CT molecular complexity index is 1680. The number of carbonyl (C=O) groups is 2. The summed E-state index contributed by atoms with van der Waals surface area (Å²) in [5, 5.41) is 16.9. The summed E-state index contributed by atoms with van der Waals surface area (Å²) in [4.78, 5) is 38.4. The van der Waals surface area contributed by atoms with E-state index in [0.29, 0.717) is 34.9 Å². The molecule has 5 aromatic rings. The summed E-state index contributed by atoms with van der Waals surface area (Å²) in [5.74, 6) is -3.04. The van der Waals surface area contributed by atoms with E-state index in [4.69, 9.17) is 0 Å². The van der Waals surface area contributed by atoms with Crippen LogP contribution in [0.1, 0.15) is 34.6 Å². The third-order valence-electron chi connectivity index (χ3n) is 6.21. The second-order valence-corrected chi connectivity index (χ2v) is 9.87. The third-order valence-corrected chi connectivity index (χ3v) is 6.96.